The summed E-state index contributed by atoms with van der Waals surface area (Å²) >= 11 is 0. The Morgan fingerprint density at radius 2 is 1.74 bits per heavy atom. The van der Waals surface area contributed by atoms with Crippen molar-refractivity contribution in [2.24, 2.45) is 5.92 Å². The quantitative estimate of drug-likeness (QED) is 0.703. The molecule has 1 unspecified atom stereocenters. The summed E-state index contributed by atoms with van der Waals surface area (Å²) in [6, 6.07) is 18.3. The predicted molar refractivity (Wildman–Crippen MR) is 121 cm³/mol. The summed E-state index contributed by atoms with van der Waals surface area (Å²) in [5, 5.41) is 0. The van der Waals surface area contributed by atoms with Crippen LogP contribution in [0.3, 0.4) is 0 Å². The standard InChI is InChI=1S/C26H32N2O3/c1-31-23-10-5-9-22(19-23)24-11-6-16-28(24)26(30)21-14-17-27(18-15-21)25(29)13-12-20-7-3-2-4-8-20/h2-5,7-10,19,21,24H,6,11-18H2,1H3. The van der Waals surface area contributed by atoms with Crippen molar-refractivity contribution in [3.05, 3.63) is 65.7 Å². The summed E-state index contributed by atoms with van der Waals surface area (Å²) in [4.78, 5) is 29.9. The molecule has 164 valence electrons. The SMILES string of the molecule is COc1cccc(C2CCCN2C(=O)C2CCN(C(=O)CCc3ccccc3)CC2)c1. The Morgan fingerprint density at radius 1 is 0.968 bits per heavy atom. The van der Waals surface area contributed by atoms with E-state index in [1.165, 1.54) is 5.56 Å². The number of nitrogens with zero attached hydrogens (tertiary/aromatic N) is 2. The van der Waals surface area contributed by atoms with Crippen LogP contribution in [0.2, 0.25) is 0 Å². The van der Waals surface area contributed by atoms with Crippen LogP contribution in [0.4, 0.5) is 0 Å². The van der Waals surface area contributed by atoms with Gasteiger partial charge < -0.3 is 14.5 Å². The summed E-state index contributed by atoms with van der Waals surface area (Å²) in [7, 11) is 1.67. The number of methoxy groups -OCH3 is 1. The second-order valence-corrected chi connectivity index (χ2v) is 8.61. The Labute approximate surface area is 185 Å². The van der Waals surface area contributed by atoms with Crippen LogP contribution in [0, 0.1) is 5.92 Å². The largest absolute Gasteiger partial charge is 0.497 e. The zero-order valence-corrected chi connectivity index (χ0v) is 18.3. The van der Waals surface area contributed by atoms with Crippen LogP contribution in [0.1, 0.15) is 49.3 Å². The third-order valence-corrected chi connectivity index (χ3v) is 6.68. The number of amides is 2. The van der Waals surface area contributed by atoms with Crippen molar-refractivity contribution in [3.8, 4) is 5.75 Å². The summed E-state index contributed by atoms with van der Waals surface area (Å²) in [6.07, 6.45) is 4.86. The fraction of sp³-hybridized carbons (Fsp3) is 0.462. The van der Waals surface area contributed by atoms with Gasteiger partial charge in [-0.25, -0.2) is 0 Å². The van der Waals surface area contributed by atoms with Crippen LogP contribution in [0.15, 0.2) is 54.6 Å². The van der Waals surface area contributed by atoms with Gasteiger partial charge in [-0.05, 0) is 55.4 Å². The summed E-state index contributed by atoms with van der Waals surface area (Å²) < 4.78 is 5.37. The molecule has 31 heavy (non-hydrogen) atoms. The average molecular weight is 421 g/mol. The first-order valence-corrected chi connectivity index (χ1v) is 11.4. The lowest BCUT2D eigenvalue weighted by Gasteiger charge is -2.35. The molecule has 0 aliphatic carbocycles. The Bertz CT molecular complexity index is 891. The molecule has 4 rings (SSSR count). The molecule has 5 nitrogen and oxygen atoms in total. The van der Waals surface area contributed by atoms with Crippen molar-refractivity contribution in [1.29, 1.82) is 0 Å². The van der Waals surface area contributed by atoms with Crippen molar-refractivity contribution in [2.45, 2.75) is 44.6 Å². The molecule has 2 aromatic rings. The fourth-order valence-electron chi connectivity index (χ4n) is 4.89. The number of carbonyl (C=O) groups excluding carboxylic acids is 2. The van der Waals surface area contributed by atoms with Gasteiger partial charge in [0.2, 0.25) is 11.8 Å². The third kappa shape index (κ3) is 5.09. The molecule has 0 bridgehead atoms. The average Bonchev–Trinajstić information content (AvgIpc) is 3.33. The van der Waals surface area contributed by atoms with E-state index >= 15 is 0 Å². The zero-order valence-electron chi connectivity index (χ0n) is 18.3. The molecule has 1 atom stereocenters. The molecule has 2 amide bonds. The minimum absolute atomic E-state index is 0.0179. The monoisotopic (exact) mass is 420 g/mol. The Morgan fingerprint density at radius 3 is 2.48 bits per heavy atom. The molecular weight excluding hydrogens is 388 g/mol. The highest BCUT2D eigenvalue weighted by molar-refractivity contribution is 5.81. The van der Waals surface area contributed by atoms with Crippen molar-refractivity contribution in [3.63, 3.8) is 0 Å². The lowest BCUT2D eigenvalue weighted by molar-refractivity contribution is -0.141. The molecule has 2 aliphatic rings. The maximum absolute atomic E-state index is 13.3. The second kappa shape index (κ2) is 9.99. The Balaban J connectivity index is 1.30. The van der Waals surface area contributed by atoms with E-state index in [9.17, 15) is 9.59 Å². The Hall–Kier alpha value is -2.82. The first kappa shape index (κ1) is 21.4. The van der Waals surface area contributed by atoms with Gasteiger partial charge in [-0.1, -0.05) is 42.5 Å². The molecule has 2 heterocycles. The lowest BCUT2D eigenvalue weighted by Crippen LogP contribution is -2.44. The van der Waals surface area contributed by atoms with Crippen molar-refractivity contribution in [1.82, 2.24) is 9.80 Å². The van der Waals surface area contributed by atoms with Gasteiger partial charge in [0, 0.05) is 32.0 Å². The maximum atomic E-state index is 13.3. The van der Waals surface area contributed by atoms with Crippen molar-refractivity contribution in [2.75, 3.05) is 26.7 Å². The molecule has 2 saturated heterocycles. The van der Waals surface area contributed by atoms with E-state index < -0.39 is 0 Å². The molecular formula is C26H32N2O3. The van der Waals surface area contributed by atoms with Gasteiger partial charge in [0.15, 0.2) is 0 Å². The number of rotatable bonds is 6. The minimum Gasteiger partial charge on any atom is -0.497 e. The highest BCUT2D eigenvalue weighted by atomic mass is 16.5. The summed E-state index contributed by atoms with van der Waals surface area (Å²) in [5.41, 5.74) is 2.34. The molecule has 0 aromatic heterocycles. The predicted octanol–water partition coefficient (Wildman–Crippen LogP) is 4.23. The maximum Gasteiger partial charge on any atom is 0.226 e. The van der Waals surface area contributed by atoms with Crippen LogP contribution >= 0.6 is 0 Å². The van der Waals surface area contributed by atoms with Gasteiger partial charge >= 0.3 is 0 Å². The first-order valence-electron chi connectivity index (χ1n) is 11.4. The van der Waals surface area contributed by atoms with Gasteiger partial charge in [-0.2, -0.15) is 0 Å². The van der Waals surface area contributed by atoms with Crippen LogP contribution in [0.25, 0.3) is 0 Å². The van der Waals surface area contributed by atoms with Gasteiger partial charge in [0.25, 0.3) is 0 Å². The highest BCUT2D eigenvalue weighted by Crippen LogP contribution is 2.35. The second-order valence-electron chi connectivity index (χ2n) is 8.61. The molecule has 2 aromatic carbocycles. The van der Waals surface area contributed by atoms with E-state index in [2.05, 4.69) is 23.1 Å². The van der Waals surface area contributed by atoms with Crippen molar-refractivity contribution < 1.29 is 14.3 Å². The topological polar surface area (TPSA) is 49.9 Å². The highest BCUT2D eigenvalue weighted by Gasteiger charge is 2.36. The number of carbonyl (C=O) groups is 2. The normalized spacial score (nSPS) is 19.5. The van der Waals surface area contributed by atoms with Crippen molar-refractivity contribution >= 4 is 11.8 Å². The van der Waals surface area contributed by atoms with Crippen LogP contribution in [-0.2, 0) is 16.0 Å². The molecule has 0 N–H and O–H groups in total. The van der Waals surface area contributed by atoms with Crippen LogP contribution in [0.5, 0.6) is 5.75 Å². The molecule has 2 aliphatic heterocycles. The van der Waals surface area contributed by atoms with Gasteiger partial charge in [-0.3, -0.25) is 9.59 Å². The number of aryl methyl sites for hydroxylation is 1. The molecule has 0 radical (unpaired) electrons. The van der Waals surface area contributed by atoms with E-state index in [0.717, 1.165) is 50.0 Å². The molecule has 0 spiro atoms. The first-order chi connectivity index (χ1) is 15.2. The number of ether oxygens (including phenoxy) is 1. The number of benzene rings is 2. The van der Waals surface area contributed by atoms with E-state index in [1.807, 2.05) is 41.3 Å². The number of likely N-dealkylation sites (tertiary alicyclic amines) is 2. The van der Waals surface area contributed by atoms with Gasteiger partial charge in [0.1, 0.15) is 5.75 Å². The molecule has 2 fully saturated rings. The zero-order chi connectivity index (χ0) is 21.6. The lowest BCUT2D eigenvalue weighted by atomic mass is 9.94. The number of hydrogen-bond acceptors (Lipinski definition) is 3. The number of piperidine rings is 1. The third-order valence-electron chi connectivity index (χ3n) is 6.68. The van der Waals surface area contributed by atoms with E-state index in [-0.39, 0.29) is 23.8 Å². The number of hydrogen-bond donors (Lipinski definition) is 0. The fourth-order valence-corrected chi connectivity index (χ4v) is 4.89. The van der Waals surface area contributed by atoms with E-state index in [0.29, 0.717) is 19.5 Å². The minimum atomic E-state index is 0.0179. The Kier molecular flexibility index (Phi) is 6.90. The van der Waals surface area contributed by atoms with Crippen LogP contribution in [-0.4, -0.2) is 48.4 Å². The molecule has 0 saturated carbocycles. The summed E-state index contributed by atoms with van der Waals surface area (Å²) in [5.74, 6) is 1.30. The molecule has 5 heteroatoms. The van der Waals surface area contributed by atoms with E-state index in [4.69, 9.17) is 4.74 Å². The smallest absolute Gasteiger partial charge is 0.226 e. The van der Waals surface area contributed by atoms with Gasteiger partial charge in [0.05, 0.1) is 13.2 Å². The van der Waals surface area contributed by atoms with Crippen LogP contribution < -0.4 is 4.74 Å². The van der Waals surface area contributed by atoms with E-state index in [1.54, 1.807) is 7.11 Å². The van der Waals surface area contributed by atoms with Gasteiger partial charge in [-0.15, -0.1) is 0 Å². The summed E-state index contributed by atoms with van der Waals surface area (Å²) in [6.45, 7) is 2.18.